The summed E-state index contributed by atoms with van der Waals surface area (Å²) in [4.78, 5) is 13.1. The van der Waals surface area contributed by atoms with E-state index < -0.39 is 17.3 Å². The first-order valence-electron chi connectivity index (χ1n) is 8.14. The second kappa shape index (κ2) is 7.88. The maximum Gasteiger partial charge on any atom is 0.419 e. The Morgan fingerprint density at radius 3 is 2.62 bits per heavy atom. The van der Waals surface area contributed by atoms with E-state index in [-0.39, 0.29) is 23.6 Å². The molecule has 0 spiro atoms. The Hall–Kier alpha value is -2.39. The third-order valence-corrected chi connectivity index (χ3v) is 4.03. The van der Waals surface area contributed by atoms with Gasteiger partial charge in [-0.05, 0) is 24.3 Å². The van der Waals surface area contributed by atoms with E-state index in [1.165, 1.54) is 24.3 Å². The molecule has 0 bridgehead atoms. The molecule has 1 aliphatic heterocycles. The van der Waals surface area contributed by atoms with E-state index in [9.17, 15) is 18.0 Å². The van der Waals surface area contributed by atoms with Crippen LogP contribution in [0.2, 0.25) is 0 Å². The number of aromatic nitrogens is 2. The van der Waals surface area contributed by atoms with Crippen molar-refractivity contribution < 1.29 is 22.6 Å². The second-order valence-electron chi connectivity index (χ2n) is 5.82. The summed E-state index contributed by atoms with van der Waals surface area (Å²) >= 11 is 0. The highest BCUT2D eigenvalue weighted by Crippen LogP contribution is 2.38. The molecule has 3 rings (SSSR count). The lowest BCUT2D eigenvalue weighted by molar-refractivity contribution is -0.138. The third kappa shape index (κ3) is 4.61. The highest BCUT2D eigenvalue weighted by molar-refractivity contribution is 5.62. The van der Waals surface area contributed by atoms with Gasteiger partial charge in [-0.2, -0.15) is 18.3 Å². The molecule has 1 saturated heterocycles. The maximum absolute atomic E-state index is 13.4. The highest BCUT2D eigenvalue weighted by atomic mass is 19.4. The first-order chi connectivity index (χ1) is 12.4. The summed E-state index contributed by atoms with van der Waals surface area (Å²) in [6.07, 6.45) is -4.56. The largest absolute Gasteiger partial charge is 0.492 e. The van der Waals surface area contributed by atoms with Crippen LogP contribution in [0.15, 0.2) is 35.1 Å². The molecule has 2 heterocycles. The number of nitrogens with zero attached hydrogens (tertiary/aromatic N) is 2. The SMILES string of the molecule is O=c1ccc(-c2ccc(OCCN3CCOCC3)c(C(F)(F)F)c2)n[nH]1. The van der Waals surface area contributed by atoms with Crippen LogP contribution in [-0.4, -0.2) is 54.6 Å². The standard InChI is InChI=1S/C17H18F3N3O3/c18-17(19,20)13-11-12(14-2-4-16(24)22-21-14)1-3-15(13)26-10-7-23-5-8-25-9-6-23/h1-4,11H,5-10H2,(H,22,24). The van der Waals surface area contributed by atoms with Crippen molar-refractivity contribution in [1.82, 2.24) is 15.1 Å². The lowest BCUT2D eigenvalue weighted by Gasteiger charge is -2.26. The number of rotatable bonds is 5. The van der Waals surface area contributed by atoms with Crippen molar-refractivity contribution in [2.24, 2.45) is 0 Å². The van der Waals surface area contributed by atoms with Crippen LogP contribution < -0.4 is 10.3 Å². The van der Waals surface area contributed by atoms with Crippen LogP contribution in [0.1, 0.15) is 5.56 Å². The topological polar surface area (TPSA) is 67.4 Å². The molecule has 0 radical (unpaired) electrons. The Bertz CT molecular complexity index is 781. The van der Waals surface area contributed by atoms with Crippen LogP contribution in [-0.2, 0) is 10.9 Å². The zero-order chi connectivity index (χ0) is 18.6. The van der Waals surface area contributed by atoms with E-state index >= 15 is 0 Å². The molecule has 0 amide bonds. The molecule has 1 aromatic heterocycles. The first kappa shape index (κ1) is 18.4. The van der Waals surface area contributed by atoms with E-state index in [4.69, 9.17) is 9.47 Å². The van der Waals surface area contributed by atoms with E-state index in [1.807, 2.05) is 0 Å². The minimum absolute atomic E-state index is 0.152. The zero-order valence-electron chi connectivity index (χ0n) is 13.9. The second-order valence-corrected chi connectivity index (χ2v) is 5.82. The average Bonchev–Trinajstić information content (AvgIpc) is 2.63. The molecule has 1 N–H and O–H groups in total. The van der Waals surface area contributed by atoms with Gasteiger partial charge in [0.05, 0.1) is 24.5 Å². The molecular formula is C17H18F3N3O3. The van der Waals surface area contributed by atoms with Crippen LogP contribution >= 0.6 is 0 Å². The van der Waals surface area contributed by atoms with Crippen molar-refractivity contribution >= 4 is 0 Å². The predicted molar refractivity (Wildman–Crippen MR) is 88.0 cm³/mol. The third-order valence-electron chi connectivity index (χ3n) is 4.03. The summed E-state index contributed by atoms with van der Waals surface area (Å²) in [6, 6.07) is 6.32. The number of H-pyrrole nitrogens is 1. The van der Waals surface area contributed by atoms with Gasteiger partial charge >= 0.3 is 6.18 Å². The molecular weight excluding hydrogens is 351 g/mol. The number of benzene rings is 1. The average molecular weight is 369 g/mol. The molecule has 9 heteroatoms. The summed E-state index contributed by atoms with van der Waals surface area (Å²) < 4.78 is 50.8. The lowest BCUT2D eigenvalue weighted by Crippen LogP contribution is -2.38. The molecule has 6 nitrogen and oxygen atoms in total. The summed E-state index contributed by atoms with van der Waals surface area (Å²) in [6.45, 7) is 3.41. The van der Waals surface area contributed by atoms with Crippen LogP contribution in [0.4, 0.5) is 13.2 Å². The van der Waals surface area contributed by atoms with Gasteiger partial charge in [-0.3, -0.25) is 9.69 Å². The van der Waals surface area contributed by atoms with E-state index in [0.717, 1.165) is 19.2 Å². The molecule has 0 unspecified atom stereocenters. The molecule has 26 heavy (non-hydrogen) atoms. The fourth-order valence-electron chi connectivity index (χ4n) is 2.65. The summed E-state index contributed by atoms with van der Waals surface area (Å²) in [7, 11) is 0. The van der Waals surface area contributed by atoms with Crippen molar-refractivity contribution in [2.45, 2.75) is 6.18 Å². The summed E-state index contributed by atoms with van der Waals surface area (Å²) in [5.74, 6) is -0.223. The molecule has 0 saturated carbocycles. The minimum atomic E-state index is -4.56. The Kier molecular flexibility index (Phi) is 5.58. The molecule has 0 atom stereocenters. The minimum Gasteiger partial charge on any atom is -0.492 e. The predicted octanol–water partition coefficient (Wildman–Crippen LogP) is 2.17. The van der Waals surface area contributed by atoms with E-state index in [0.29, 0.717) is 19.8 Å². The van der Waals surface area contributed by atoms with E-state index in [1.54, 1.807) is 0 Å². The van der Waals surface area contributed by atoms with Crippen LogP contribution in [0.3, 0.4) is 0 Å². The van der Waals surface area contributed by atoms with Gasteiger partial charge in [-0.1, -0.05) is 0 Å². The van der Waals surface area contributed by atoms with Crippen molar-refractivity contribution in [3.8, 4) is 17.0 Å². The molecule has 140 valence electrons. The number of halogens is 3. The lowest BCUT2D eigenvalue weighted by atomic mass is 10.1. The maximum atomic E-state index is 13.4. The van der Waals surface area contributed by atoms with Gasteiger partial charge < -0.3 is 9.47 Å². The zero-order valence-corrected chi connectivity index (χ0v) is 13.9. The van der Waals surface area contributed by atoms with Gasteiger partial charge in [0.15, 0.2) is 0 Å². The van der Waals surface area contributed by atoms with Gasteiger partial charge in [0, 0.05) is 31.3 Å². The molecule has 1 aliphatic rings. The van der Waals surface area contributed by atoms with Crippen molar-refractivity contribution in [2.75, 3.05) is 39.5 Å². The Morgan fingerprint density at radius 2 is 1.96 bits per heavy atom. The molecule has 0 aliphatic carbocycles. The Balaban J connectivity index is 1.76. The van der Waals surface area contributed by atoms with Crippen molar-refractivity contribution in [3.05, 3.63) is 46.2 Å². The summed E-state index contributed by atoms with van der Waals surface area (Å²) in [5.41, 5.74) is -0.804. The Morgan fingerprint density at radius 1 is 1.19 bits per heavy atom. The summed E-state index contributed by atoms with van der Waals surface area (Å²) in [5, 5.41) is 5.97. The normalized spacial score (nSPS) is 15.8. The molecule has 2 aromatic rings. The molecule has 1 fully saturated rings. The van der Waals surface area contributed by atoms with Crippen molar-refractivity contribution in [3.63, 3.8) is 0 Å². The number of nitrogens with one attached hydrogen (secondary N) is 1. The van der Waals surface area contributed by atoms with E-state index in [2.05, 4.69) is 15.1 Å². The highest BCUT2D eigenvalue weighted by Gasteiger charge is 2.35. The Labute approximate surface area is 147 Å². The van der Waals surface area contributed by atoms with Gasteiger partial charge in [0.25, 0.3) is 5.56 Å². The fourth-order valence-corrected chi connectivity index (χ4v) is 2.65. The first-order valence-corrected chi connectivity index (χ1v) is 8.14. The van der Waals surface area contributed by atoms with Gasteiger partial charge in [0.1, 0.15) is 12.4 Å². The van der Waals surface area contributed by atoms with Crippen LogP contribution in [0.5, 0.6) is 5.75 Å². The number of hydrogen-bond donors (Lipinski definition) is 1. The van der Waals surface area contributed by atoms with Gasteiger partial charge in [-0.25, -0.2) is 5.10 Å². The molecule has 1 aromatic carbocycles. The van der Waals surface area contributed by atoms with Crippen LogP contribution in [0, 0.1) is 0 Å². The number of morpholine rings is 1. The van der Waals surface area contributed by atoms with Crippen LogP contribution in [0.25, 0.3) is 11.3 Å². The monoisotopic (exact) mass is 369 g/mol. The number of ether oxygens (including phenoxy) is 2. The number of hydrogen-bond acceptors (Lipinski definition) is 5. The van der Waals surface area contributed by atoms with Gasteiger partial charge in [0.2, 0.25) is 0 Å². The van der Waals surface area contributed by atoms with Gasteiger partial charge in [-0.15, -0.1) is 0 Å². The van der Waals surface area contributed by atoms with Crippen molar-refractivity contribution in [1.29, 1.82) is 0 Å². The number of alkyl halides is 3. The number of aromatic amines is 1. The smallest absolute Gasteiger partial charge is 0.419 e. The fraction of sp³-hybridized carbons (Fsp3) is 0.412. The quantitative estimate of drug-likeness (QED) is 0.875.